The first-order chi connectivity index (χ1) is 15.6. The van der Waals surface area contributed by atoms with E-state index in [-0.39, 0.29) is 18.4 Å². The third kappa shape index (κ3) is 3.62. The molecule has 8 nitrogen and oxygen atoms in total. The number of carbonyl (C=O) groups excluding carboxylic acids is 2. The molecule has 0 unspecified atom stereocenters. The minimum Gasteiger partial charge on any atom is -0.497 e. The summed E-state index contributed by atoms with van der Waals surface area (Å²) in [6.45, 7) is 1.19. The van der Waals surface area contributed by atoms with Crippen molar-refractivity contribution in [2.45, 2.75) is 31.2 Å². The van der Waals surface area contributed by atoms with Crippen molar-refractivity contribution in [2.75, 3.05) is 20.2 Å². The van der Waals surface area contributed by atoms with E-state index in [4.69, 9.17) is 4.74 Å². The zero-order valence-corrected chi connectivity index (χ0v) is 18.0. The van der Waals surface area contributed by atoms with Gasteiger partial charge < -0.3 is 4.74 Å². The number of aromatic nitrogens is 3. The molecule has 164 valence electrons. The number of ether oxygens (including phenoxy) is 1. The van der Waals surface area contributed by atoms with Crippen molar-refractivity contribution in [1.29, 1.82) is 0 Å². The molecule has 8 heteroatoms. The first-order valence-corrected chi connectivity index (χ1v) is 10.8. The number of hydrazine groups is 1. The van der Waals surface area contributed by atoms with Gasteiger partial charge in [-0.25, -0.2) is 5.01 Å². The molecule has 0 atom stereocenters. The van der Waals surface area contributed by atoms with E-state index in [0.717, 1.165) is 41.8 Å². The van der Waals surface area contributed by atoms with Crippen molar-refractivity contribution >= 4 is 11.8 Å². The number of hydrogen-bond donors (Lipinski definition) is 0. The molecule has 1 saturated carbocycles. The van der Waals surface area contributed by atoms with Crippen LogP contribution in [0.3, 0.4) is 0 Å². The van der Waals surface area contributed by atoms with Crippen molar-refractivity contribution < 1.29 is 14.3 Å². The second-order valence-corrected chi connectivity index (χ2v) is 8.24. The van der Waals surface area contributed by atoms with E-state index >= 15 is 0 Å². The quantitative estimate of drug-likeness (QED) is 0.600. The van der Waals surface area contributed by atoms with E-state index in [1.54, 1.807) is 40.4 Å². The van der Waals surface area contributed by atoms with Gasteiger partial charge in [0.2, 0.25) is 0 Å². The number of carbonyl (C=O) groups is 2. The number of amides is 2. The number of hydrogen-bond acceptors (Lipinski definition) is 5. The summed E-state index contributed by atoms with van der Waals surface area (Å²) in [4.78, 5) is 30.6. The van der Waals surface area contributed by atoms with Gasteiger partial charge in [-0.1, -0.05) is 12.1 Å². The molecule has 0 spiro atoms. The highest BCUT2D eigenvalue weighted by Gasteiger charge is 2.54. The second-order valence-electron chi connectivity index (χ2n) is 8.24. The highest BCUT2D eigenvalue weighted by Crippen LogP contribution is 2.50. The number of nitrogens with zero attached hydrogens (tertiary/aromatic N) is 5. The molecule has 2 aromatic heterocycles. The Morgan fingerprint density at radius 1 is 1.00 bits per heavy atom. The Bertz CT molecular complexity index is 1120. The van der Waals surface area contributed by atoms with Gasteiger partial charge in [0.15, 0.2) is 0 Å². The van der Waals surface area contributed by atoms with Crippen LogP contribution in [0.15, 0.2) is 61.1 Å². The molecule has 2 fully saturated rings. The Labute approximate surface area is 186 Å². The summed E-state index contributed by atoms with van der Waals surface area (Å²) in [6.07, 6.45) is 7.58. The maximum Gasteiger partial charge on any atom is 0.262 e. The molecule has 3 heterocycles. The Morgan fingerprint density at radius 3 is 2.41 bits per heavy atom. The van der Waals surface area contributed by atoms with Crippen LogP contribution in [0, 0.1) is 0 Å². The van der Waals surface area contributed by atoms with Crippen LogP contribution in [0.1, 0.15) is 24.8 Å². The van der Waals surface area contributed by atoms with Crippen LogP contribution in [0.5, 0.6) is 5.75 Å². The lowest BCUT2D eigenvalue weighted by Gasteiger charge is -2.31. The lowest BCUT2D eigenvalue weighted by Crippen LogP contribution is -2.49. The van der Waals surface area contributed by atoms with Crippen LogP contribution >= 0.6 is 0 Å². The van der Waals surface area contributed by atoms with Crippen molar-refractivity contribution in [2.24, 2.45) is 0 Å². The molecule has 1 saturated heterocycles. The van der Waals surface area contributed by atoms with Gasteiger partial charge in [0.25, 0.3) is 11.8 Å². The van der Waals surface area contributed by atoms with E-state index < -0.39 is 5.41 Å². The third-order valence-corrected chi connectivity index (χ3v) is 6.27. The van der Waals surface area contributed by atoms with Crippen LogP contribution in [0.2, 0.25) is 0 Å². The van der Waals surface area contributed by atoms with Crippen LogP contribution in [0.25, 0.3) is 11.3 Å². The fraction of sp³-hybridized carbons (Fsp3) is 0.333. The van der Waals surface area contributed by atoms with Gasteiger partial charge in [-0.05, 0) is 55.2 Å². The molecular weight excluding hydrogens is 406 g/mol. The number of rotatable bonds is 6. The smallest absolute Gasteiger partial charge is 0.262 e. The molecule has 2 aliphatic rings. The van der Waals surface area contributed by atoms with Crippen molar-refractivity contribution in [3.63, 3.8) is 0 Å². The van der Waals surface area contributed by atoms with Gasteiger partial charge in [-0.3, -0.25) is 24.3 Å². The summed E-state index contributed by atoms with van der Waals surface area (Å²) in [5, 5.41) is 7.76. The fourth-order valence-corrected chi connectivity index (χ4v) is 4.34. The topological polar surface area (TPSA) is 80.6 Å². The Balaban J connectivity index is 1.29. The molecule has 1 aliphatic heterocycles. The predicted octanol–water partition coefficient (Wildman–Crippen LogP) is 2.66. The first kappa shape index (κ1) is 20.2. The van der Waals surface area contributed by atoms with Crippen molar-refractivity contribution in [3.8, 4) is 17.0 Å². The lowest BCUT2D eigenvalue weighted by molar-refractivity contribution is -0.160. The minimum absolute atomic E-state index is 0.00598. The van der Waals surface area contributed by atoms with E-state index in [1.807, 2.05) is 42.5 Å². The summed E-state index contributed by atoms with van der Waals surface area (Å²) < 4.78 is 6.86. The Hall–Kier alpha value is -3.68. The number of methoxy groups -OCH3 is 1. The zero-order valence-electron chi connectivity index (χ0n) is 18.0. The molecule has 32 heavy (non-hydrogen) atoms. The lowest BCUT2D eigenvalue weighted by atomic mass is 9.94. The van der Waals surface area contributed by atoms with Gasteiger partial charge in [-0.2, -0.15) is 5.10 Å². The second kappa shape index (κ2) is 8.11. The van der Waals surface area contributed by atoms with Crippen LogP contribution in [-0.2, 0) is 21.5 Å². The average Bonchev–Trinajstić information content (AvgIpc) is 3.26. The number of benzene rings is 1. The van der Waals surface area contributed by atoms with Crippen LogP contribution in [-0.4, -0.2) is 56.8 Å². The van der Waals surface area contributed by atoms with Gasteiger partial charge in [0.05, 0.1) is 18.2 Å². The highest BCUT2D eigenvalue weighted by atomic mass is 16.5. The molecule has 5 rings (SSSR count). The van der Waals surface area contributed by atoms with Crippen LogP contribution < -0.4 is 4.74 Å². The van der Waals surface area contributed by atoms with E-state index in [2.05, 4.69) is 10.1 Å². The molecule has 0 bridgehead atoms. The van der Waals surface area contributed by atoms with E-state index in [0.29, 0.717) is 13.1 Å². The summed E-state index contributed by atoms with van der Waals surface area (Å²) in [5.41, 5.74) is 2.18. The minimum atomic E-state index is -0.532. The van der Waals surface area contributed by atoms with E-state index in [9.17, 15) is 9.59 Å². The summed E-state index contributed by atoms with van der Waals surface area (Å²) in [7, 11) is 1.63. The average molecular weight is 431 g/mol. The standard InChI is InChI=1S/C24H25N5O3/c1-32-20-5-3-19(4-6-20)24(10-11-24)23(31)29-15-2-14-28(29)22(30)17-27-16-9-21(26-27)18-7-12-25-13-8-18/h3-9,12-13,16H,2,10-11,14-15,17H2,1H3. The fourth-order valence-electron chi connectivity index (χ4n) is 4.34. The van der Waals surface area contributed by atoms with Crippen molar-refractivity contribution in [1.82, 2.24) is 24.8 Å². The monoisotopic (exact) mass is 431 g/mol. The summed E-state index contributed by atoms with van der Waals surface area (Å²) in [6, 6.07) is 13.3. The maximum absolute atomic E-state index is 13.5. The van der Waals surface area contributed by atoms with Gasteiger partial charge in [0.1, 0.15) is 12.3 Å². The molecule has 1 aliphatic carbocycles. The molecule has 0 radical (unpaired) electrons. The Morgan fingerprint density at radius 2 is 1.72 bits per heavy atom. The van der Waals surface area contributed by atoms with Gasteiger partial charge in [0, 0.05) is 37.2 Å². The normalized spacial score (nSPS) is 16.8. The zero-order chi connectivity index (χ0) is 22.1. The van der Waals surface area contributed by atoms with E-state index in [1.165, 1.54) is 0 Å². The summed E-state index contributed by atoms with van der Waals surface area (Å²) >= 11 is 0. The predicted molar refractivity (Wildman–Crippen MR) is 117 cm³/mol. The first-order valence-electron chi connectivity index (χ1n) is 10.8. The SMILES string of the molecule is COc1ccc(C2(C(=O)N3CCCN3C(=O)Cn3ccc(-c4ccncc4)n3)CC2)cc1. The maximum atomic E-state index is 13.5. The molecule has 2 amide bonds. The molecule has 1 aromatic carbocycles. The van der Waals surface area contributed by atoms with Gasteiger partial charge >= 0.3 is 0 Å². The molecular formula is C24H25N5O3. The highest BCUT2D eigenvalue weighted by molar-refractivity contribution is 5.93. The van der Waals surface area contributed by atoms with Gasteiger partial charge in [-0.15, -0.1) is 0 Å². The van der Waals surface area contributed by atoms with Crippen molar-refractivity contribution in [3.05, 3.63) is 66.6 Å². The van der Waals surface area contributed by atoms with Crippen LogP contribution in [0.4, 0.5) is 0 Å². The Kier molecular flexibility index (Phi) is 5.13. The molecule has 0 N–H and O–H groups in total. The summed E-state index contributed by atoms with van der Waals surface area (Å²) in [5.74, 6) is 0.637. The molecule has 3 aromatic rings. The third-order valence-electron chi connectivity index (χ3n) is 6.27. The number of pyridine rings is 1. The largest absolute Gasteiger partial charge is 0.497 e.